The Morgan fingerprint density at radius 3 is 2.63 bits per heavy atom. The van der Waals surface area contributed by atoms with Crippen molar-refractivity contribution in [3.63, 3.8) is 0 Å². The Morgan fingerprint density at radius 1 is 1.19 bits per heavy atom. The van der Waals surface area contributed by atoms with Crippen LogP contribution in [0.4, 0.5) is 14.5 Å². The molecule has 0 unspecified atom stereocenters. The van der Waals surface area contributed by atoms with E-state index in [1.165, 1.54) is 20.4 Å². The Hall–Kier alpha value is -3.49. The van der Waals surface area contributed by atoms with Gasteiger partial charge < -0.3 is 14.8 Å². The van der Waals surface area contributed by atoms with Crippen molar-refractivity contribution in [3.8, 4) is 11.5 Å². The van der Waals surface area contributed by atoms with E-state index >= 15 is 0 Å². The lowest BCUT2D eigenvalue weighted by molar-refractivity contribution is -0.117. The number of ether oxygens (including phenoxy) is 2. The van der Waals surface area contributed by atoms with Crippen LogP contribution in [-0.4, -0.2) is 29.9 Å². The SMILES string of the molecule is COc1ccc2cnn(CC(=O)Nc3ccc(F)cc3F)c(=O)c2c1OC. The quantitative estimate of drug-likeness (QED) is 0.740. The van der Waals surface area contributed by atoms with Crippen molar-refractivity contribution in [1.82, 2.24) is 9.78 Å². The van der Waals surface area contributed by atoms with Crippen molar-refractivity contribution in [3.05, 3.63) is 58.5 Å². The van der Waals surface area contributed by atoms with Gasteiger partial charge in [-0.05, 0) is 24.3 Å². The monoisotopic (exact) mass is 375 g/mol. The van der Waals surface area contributed by atoms with Crippen LogP contribution in [0.25, 0.3) is 10.8 Å². The van der Waals surface area contributed by atoms with Gasteiger partial charge in [-0.1, -0.05) is 0 Å². The summed E-state index contributed by atoms with van der Waals surface area (Å²) in [7, 11) is 2.83. The predicted molar refractivity (Wildman–Crippen MR) is 94.1 cm³/mol. The number of nitrogens with one attached hydrogen (secondary N) is 1. The molecule has 1 aromatic heterocycles. The minimum Gasteiger partial charge on any atom is -0.493 e. The van der Waals surface area contributed by atoms with Crippen LogP contribution in [0.15, 0.2) is 41.3 Å². The van der Waals surface area contributed by atoms with E-state index in [0.29, 0.717) is 17.2 Å². The van der Waals surface area contributed by atoms with Crippen LogP contribution in [0, 0.1) is 11.6 Å². The molecule has 0 fully saturated rings. The van der Waals surface area contributed by atoms with Gasteiger partial charge in [-0.3, -0.25) is 9.59 Å². The first kappa shape index (κ1) is 18.3. The summed E-state index contributed by atoms with van der Waals surface area (Å²) >= 11 is 0. The lowest BCUT2D eigenvalue weighted by Crippen LogP contribution is -2.30. The maximum Gasteiger partial charge on any atom is 0.279 e. The van der Waals surface area contributed by atoms with Gasteiger partial charge in [-0.25, -0.2) is 13.5 Å². The first-order valence-electron chi connectivity index (χ1n) is 7.80. The normalized spacial score (nSPS) is 10.7. The number of anilines is 1. The standard InChI is InChI=1S/C18H15F2N3O4/c1-26-14-6-3-10-8-21-23(18(25)16(10)17(14)27-2)9-15(24)22-13-5-4-11(19)7-12(13)20/h3-8H,9H2,1-2H3,(H,22,24). The third kappa shape index (κ3) is 3.57. The van der Waals surface area contributed by atoms with Crippen LogP contribution in [0.1, 0.15) is 0 Å². The van der Waals surface area contributed by atoms with E-state index in [2.05, 4.69) is 10.4 Å². The van der Waals surface area contributed by atoms with Crippen molar-refractivity contribution in [2.45, 2.75) is 6.54 Å². The second-order valence-corrected chi connectivity index (χ2v) is 5.55. The molecule has 1 amide bonds. The second kappa shape index (κ2) is 7.40. The van der Waals surface area contributed by atoms with Crippen LogP contribution >= 0.6 is 0 Å². The lowest BCUT2D eigenvalue weighted by atomic mass is 10.1. The molecule has 140 valence electrons. The Labute approximate surface area is 152 Å². The second-order valence-electron chi connectivity index (χ2n) is 5.55. The largest absolute Gasteiger partial charge is 0.493 e. The molecule has 1 N–H and O–H groups in total. The average molecular weight is 375 g/mol. The molecule has 0 atom stereocenters. The number of methoxy groups -OCH3 is 2. The number of fused-ring (bicyclic) bond motifs is 1. The van der Waals surface area contributed by atoms with Crippen LogP contribution in [0.5, 0.6) is 11.5 Å². The van der Waals surface area contributed by atoms with Gasteiger partial charge >= 0.3 is 0 Å². The molecule has 0 spiro atoms. The van der Waals surface area contributed by atoms with Crippen molar-refractivity contribution in [2.24, 2.45) is 0 Å². The van der Waals surface area contributed by atoms with Crippen LogP contribution in [-0.2, 0) is 11.3 Å². The van der Waals surface area contributed by atoms with E-state index in [1.807, 2.05) is 0 Å². The summed E-state index contributed by atoms with van der Waals surface area (Å²) in [4.78, 5) is 24.9. The smallest absolute Gasteiger partial charge is 0.279 e. The fraction of sp³-hybridized carbons (Fsp3) is 0.167. The van der Waals surface area contributed by atoms with E-state index in [-0.39, 0.29) is 16.8 Å². The summed E-state index contributed by atoms with van der Waals surface area (Å²) in [6.45, 7) is -0.466. The van der Waals surface area contributed by atoms with Gasteiger partial charge in [0.2, 0.25) is 5.91 Å². The Bertz CT molecular complexity index is 1080. The van der Waals surface area contributed by atoms with Crippen LogP contribution < -0.4 is 20.3 Å². The zero-order valence-corrected chi connectivity index (χ0v) is 14.5. The summed E-state index contributed by atoms with van der Waals surface area (Å²) in [5.41, 5.74) is -0.771. The fourth-order valence-corrected chi connectivity index (χ4v) is 2.61. The molecular formula is C18H15F2N3O4. The summed E-state index contributed by atoms with van der Waals surface area (Å²) < 4.78 is 37.9. The molecule has 0 radical (unpaired) electrons. The van der Waals surface area contributed by atoms with Crippen LogP contribution in [0.2, 0.25) is 0 Å². The molecule has 0 saturated heterocycles. The molecule has 2 aromatic carbocycles. The van der Waals surface area contributed by atoms with Gasteiger partial charge in [0, 0.05) is 11.5 Å². The van der Waals surface area contributed by atoms with E-state index in [1.54, 1.807) is 12.1 Å². The summed E-state index contributed by atoms with van der Waals surface area (Å²) in [6.07, 6.45) is 1.41. The molecule has 27 heavy (non-hydrogen) atoms. The maximum absolute atomic E-state index is 13.6. The van der Waals surface area contributed by atoms with Crippen molar-refractivity contribution in [1.29, 1.82) is 0 Å². The highest BCUT2D eigenvalue weighted by atomic mass is 19.1. The van der Waals surface area contributed by atoms with Crippen molar-refractivity contribution in [2.75, 3.05) is 19.5 Å². The number of carbonyl (C=O) groups excluding carboxylic acids is 1. The molecule has 1 heterocycles. The number of nitrogens with zero attached hydrogens (tertiary/aromatic N) is 2. The number of halogens is 2. The Balaban J connectivity index is 1.94. The first-order valence-corrected chi connectivity index (χ1v) is 7.80. The first-order chi connectivity index (χ1) is 12.9. The highest BCUT2D eigenvalue weighted by Gasteiger charge is 2.16. The Morgan fingerprint density at radius 2 is 1.96 bits per heavy atom. The number of amides is 1. The lowest BCUT2D eigenvalue weighted by Gasteiger charge is -2.12. The summed E-state index contributed by atoms with van der Waals surface area (Å²) in [5.74, 6) is -1.80. The fourth-order valence-electron chi connectivity index (χ4n) is 2.61. The minimum absolute atomic E-state index is 0.200. The van der Waals surface area contributed by atoms with E-state index < -0.39 is 29.6 Å². The Kier molecular flexibility index (Phi) is 5.02. The van der Waals surface area contributed by atoms with Gasteiger partial charge in [0.05, 0.1) is 31.5 Å². The molecule has 0 aliphatic rings. The number of hydrogen-bond acceptors (Lipinski definition) is 5. The molecular weight excluding hydrogens is 360 g/mol. The zero-order chi connectivity index (χ0) is 19.6. The van der Waals surface area contributed by atoms with Crippen LogP contribution in [0.3, 0.4) is 0 Å². The molecule has 7 nitrogen and oxygen atoms in total. The topological polar surface area (TPSA) is 82.5 Å². The van der Waals surface area contributed by atoms with E-state index in [0.717, 1.165) is 16.8 Å². The van der Waals surface area contributed by atoms with Gasteiger partial charge in [-0.15, -0.1) is 0 Å². The van der Waals surface area contributed by atoms with E-state index in [9.17, 15) is 18.4 Å². The third-order valence-corrected chi connectivity index (χ3v) is 3.86. The maximum atomic E-state index is 13.6. The summed E-state index contributed by atoms with van der Waals surface area (Å²) in [6, 6.07) is 6.02. The van der Waals surface area contributed by atoms with E-state index in [4.69, 9.17) is 9.47 Å². The van der Waals surface area contributed by atoms with Gasteiger partial charge in [0.1, 0.15) is 18.2 Å². The zero-order valence-electron chi connectivity index (χ0n) is 14.5. The van der Waals surface area contributed by atoms with Gasteiger partial charge in [0.25, 0.3) is 5.56 Å². The molecule has 9 heteroatoms. The minimum atomic E-state index is -0.923. The van der Waals surface area contributed by atoms with Crippen molar-refractivity contribution >= 4 is 22.4 Å². The number of aromatic nitrogens is 2. The third-order valence-electron chi connectivity index (χ3n) is 3.86. The average Bonchev–Trinajstić information content (AvgIpc) is 2.65. The molecule has 0 aliphatic carbocycles. The van der Waals surface area contributed by atoms with Crippen molar-refractivity contribution < 1.29 is 23.0 Å². The van der Waals surface area contributed by atoms with Gasteiger partial charge in [-0.2, -0.15) is 5.10 Å². The number of benzene rings is 2. The molecule has 3 rings (SSSR count). The molecule has 0 bridgehead atoms. The summed E-state index contributed by atoms with van der Waals surface area (Å²) in [5, 5.41) is 6.94. The predicted octanol–water partition coefficient (Wildman–Crippen LogP) is 2.33. The highest BCUT2D eigenvalue weighted by molar-refractivity contribution is 5.92. The van der Waals surface area contributed by atoms with Gasteiger partial charge in [0.15, 0.2) is 11.5 Å². The molecule has 3 aromatic rings. The molecule has 0 aliphatic heterocycles. The number of rotatable bonds is 5. The number of carbonyl (C=O) groups is 1. The number of hydrogen-bond donors (Lipinski definition) is 1. The highest BCUT2D eigenvalue weighted by Crippen LogP contribution is 2.32. The molecule has 0 saturated carbocycles.